The number of nitrogens with zero attached hydrogens (tertiary/aromatic N) is 2. The number of carbonyl (C=O) groups is 2. The van der Waals surface area contributed by atoms with E-state index in [1.165, 1.54) is 0 Å². The van der Waals surface area contributed by atoms with Crippen molar-refractivity contribution >= 4 is 22.8 Å². The van der Waals surface area contributed by atoms with Crippen LogP contribution in [0.5, 0.6) is 0 Å². The standard InChI is InChI=1S/C21H21N3O4/c25-20(22-10-9-18-17-3-1-2-4-19(17)28-23-18)15-5-7-16(8-6-15)21(26)24-11-13-27-14-12-24/h1-8H,9-14H2,(H,22,25). The molecule has 0 aliphatic carbocycles. The molecule has 0 unspecified atom stereocenters. The third kappa shape index (κ3) is 3.89. The molecule has 1 aliphatic rings. The van der Waals surface area contributed by atoms with E-state index in [2.05, 4.69) is 10.5 Å². The number of para-hydroxylation sites is 1. The fourth-order valence-electron chi connectivity index (χ4n) is 3.23. The van der Waals surface area contributed by atoms with Gasteiger partial charge in [-0.2, -0.15) is 0 Å². The Labute approximate surface area is 162 Å². The van der Waals surface area contributed by atoms with E-state index in [1.807, 2.05) is 24.3 Å². The monoisotopic (exact) mass is 379 g/mol. The van der Waals surface area contributed by atoms with Crippen LogP contribution in [0.15, 0.2) is 53.1 Å². The number of aromatic nitrogens is 1. The van der Waals surface area contributed by atoms with Gasteiger partial charge in [-0.25, -0.2) is 0 Å². The van der Waals surface area contributed by atoms with E-state index >= 15 is 0 Å². The molecule has 7 nitrogen and oxygen atoms in total. The average molecular weight is 379 g/mol. The second-order valence-corrected chi connectivity index (χ2v) is 6.61. The Morgan fingerprint density at radius 1 is 1.00 bits per heavy atom. The third-order valence-electron chi connectivity index (χ3n) is 4.79. The first-order chi connectivity index (χ1) is 13.7. The fourth-order valence-corrected chi connectivity index (χ4v) is 3.23. The molecule has 3 aromatic rings. The molecule has 0 radical (unpaired) electrons. The van der Waals surface area contributed by atoms with Gasteiger partial charge in [0.05, 0.1) is 18.9 Å². The van der Waals surface area contributed by atoms with Crippen LogP contribution in [-0.2, 0) is 11.2 Å². The lowest BCUT2D eigenvalue weighted by molar-refractivity contribution is 0.0303. The van der Waals surface area contributed by atoms with Gasteiger partial charge in [0, 0.05) is 42.6 Å². The summed E-state index contributed by atoms with van der Waals surface area (Å²) in [5.74, 6) is -0.216. The summed E-state index contributed by atoms with van der Waals surface area (Å²) >= 11 is 0. The van der Waals surface area contributed by atoms with Gasteiger partial charge in [-0.05, 0) is 36.4 Å². The van der Waals surface area contributed by atoms with Gasteiger partial charge in [-0.1, -0.05) is 17.3 Å². The van der Waals surface area contributed by atoms with Gasteiger partial charge in [-0.3, -0.25) is 9.59 Å². The lowest BCUT2D eigenvalue weighted by Crippen LogP contribution is -2.40. The third-order valence-corrected chi connectivity index (χ3v) is 4.79. The van der Waals surface area contributed by atoms with Crippen molar-refractivity contribution in [1.29, 1.82) is 0 Å². The predicted octanol–water partition coefficient (Wildman–Crippen LogP) is 2.27. The molecular weight excluding hydrogens is 358 g/mol. The summed E-state index contributed by atoms with van der Waals surface area (Å²) in [4.78, 5) is 26.6. The van der Waals surface area contributed by atoms with Gasteiger partial charge in [0.1, 0.15) is 0 Å². The van der Waals surface area contributed by atoms with Crippen LogP contribution in [0.2, 0.25) is 0 Å². The minimum Gasteiger partial charge on any atom is -0.378 e. The van der Waals surface area contributed by atoms with Crippen LogP contribution in [0.4, 0.5) is 0 Å². The number of amides is 2. The molecule has 1 N–H and O–H groups in total. The molecule has 0 saturated carbocycles. The number of carbonyl (C=O) groups excluding carboxylic acids is 2. The highest BCUT2D eigenvalue weighted by molar-refractivity contribution is 5.97. The topological polar surface area (TPSA) is 84.7 Å². The van der Waals surface area contributed by atoms with Gasteiger partial charge < -0.3 is 19.5 Å². The molecule has 1 fully saturated rings. The smallest absolute Gasteiger partial charge is 0.254 e. The summed E-state index contributed by atoms with van der Waals surface area (Å²) in [5.41, 5.74) is 2.66. The molecule has 144 valence electrons. The average Bonchev–Trinajstić information content (AvgIpc) is 3.17. The fraction of sp³-hybridized carbons (Fsp3) is 0.286. The molecular formula is C21H21N3O4. The maximum Gasteiger partial charge on any atom is 0.254 e. The van der Waals surface area contributed by atoms with Crippen LogP contribution in [0, 0.1) is 0 Å². The van der Waals surface area contributed by atoms with Crippen molar-refractivity contribution in [3.63, 3.8) is 0 Å². The van der Waals surface area contributed by atoms with E-state index < -0.39 is 0 Å². The van der Waals surface area contributed by atoms with Crippen LogP contribution >= 0.6 is 0 Å². The van der Waals surface area contributed by atoms with Gasteiger partial charge in [0.25, 0.3) is 11.8 Å². The molecule has 2 heterocycles. The van der Waals surface area contributed by atoms with Crippen LogP contribution in [0.1, 0.15) is 26.4 Å². The van der Waals surface area contributed by atoms with Crippen molar-refractivity contribution in [3.8, 4) is 0 Å². The number of ether oxygens (including phenoxy) is 1. The Morgan fingerprint density at radius 3 is 2.50 bits per heavy atom. The van der Waals surface area contributed by atoms with E-state index in [1.54, 1.807) is 29.2 Å². The largest absolute Gasteiger partial charge is 0.378 e. The molecule has 4 rings (SSSR count). The van der Waals surface area contributed by atoms with Gasteiger partial charge in [0.15, 0.2) is 5.58 Å². The SMILES string of the molecule is O=C(NCCc1noc2ccccc12)c1ccc(C(=O)N2CCOCC2)cc1. The second kappa shape index (κ2) is 8.22. The first kappa shape index (κ1) is 18.2. The summed E-state index contributed by atoms with van der Waals surface area (Å²) in [5, 5.41) is 7.91. The first-order valence-corrected chi connectivity index (χ1v) is 9.31. The van der Waals surface area contributed by atoms with E-state index in [9.17, 15) is 9.59 Å². The number of hydrogen-bond donors (Lipinski definition) is 1. The maximum atomic E-state index is 12.4. The summed E-state index contributed by atoms with van der Waals surface area (Å²) in [7, 11) is 0. The van der Waals surface area contributed by atoms with Crippen molar-refractivity contribution in [2.24, 2.45) is 0 Å². The highest BCUT2D eigenvalue weighted by Crippen LogP contribution is 2.17. The highest BCUT2D eigenvalue weighted by Gasteiger charge is 2.18. The lowest BCUT2D eigenvalue weighted by atomic mass is 10.1. The predicted molar refractivity (Wildman–Crippen MR) is 103 cm³/mol. The maximum absolute atomic E-state index is 12.4. The Kier molecular flexibility index (Phi) is 5.34. The summed E-state index contributed by atoms with van der Waals surface area (Å²) in [6.07, 6.45) is 0.580. The zero-order valence-corrected chi connectivity index (χ0v) is 15.4. The summed E-state index contributed by atoms with van der Waals surface area (Å²) in [6, 6.07) is 14.4. The van der Waals surface area contributed by atoms with E-state index in [4.69, 9.17) is 9.26 Å². The van der Waals surface area contributed by atoms with Crippen LogP contribution in [-0.4, -0.2) is 54.7 Å². The van der Waals surface area contributed by atoms with Gasteiger partial charge in [0.2, 0.25) is 0 Å². The first-order valence-electron chi connectivity index (χ1n) is 9.31. The lowest BCUT2D eigenvalue weighted by Gasteiger charge is -2.26. The Bertz CT molecular complexity index is 975. The molecule has 1 aliphatic heterocycles. The number of rotatable bonds is 5. The Morgan fingerprint density at radius 2 is 1.71 bits per heavy atom. The highest BCUT2D eigenvalue weighted by atomic mass is 16.5. The van der Waals surface area contributed by atoms with Crippen LogP contribution in [0.25, 0.3) is 11.0 Å². The molecule has 1 aromatic heterocycles. The van der Waals surface area contributed by atoms with Crippen molar-refractivity contribution < 1.29 is 18.8 Å². The number of hydrogen-bond acceptors (Lipinski definition) is 5. The zero-order chi connectivity index (χ0) is 19.3. The molecule has 0 bridgehead atoms. The van der Waals surface area contributed by atoms with Gasteiger partial charge in [-0.15, -0.1) is 0 Å². The quantitative estimate of drug-likeness (QED) is 0.735. The molecule has 0 atom stereocenters. The second-order valence-electron chi connectivity index (χ2n) is 6.61. The van der Waals surface area contributed by atoms with Crippen molar-refractivity contribution in [3.05, 3.63) is 65.4 Å². The van der Waals surface area contributed by atoms with Crippen LogP contribution < -0.4 is 5.32 Å². The van der Waals surface area contributed by atoms with E-state index in [0.29, 0.717) is 50.4 Å². The summed E-state index contributed by atoms with van der Waals surface area (Å²) in [6.45, 7) is 2.76. The van der Waals surface area contributed by atoms with Gasteiger partial charge >= 0.3 is 0 Å². The normalized spacial score (nSPS) is 14.2. The zero-order valence-electron chi connectivity index (χ0n) is 15.4. The molecule has 1 saturated heterocycles. The number of fused-ring (bicyclic) bond motifs is 1. The molecule has 0 spiro atoms. The number of benzene rings is 2. The molecule has 28 heavy (non-hydrogen) atoms. The van der Waals surface area contributed by atoms with Crippen molar-refractivity contribution in [1.82, 2.24) is 15.4 Å². The molecule has 7 heteroatoms. The molecule has 2 amide bonds. The number of morpholine rings is 1. The Hall–Kier alpha value is -3.19. The summed E-state index contributed by atoms with van der Waals surface area (Å²) < 4.78 is 10.5. The van der Waals surface area contributed by atoms with Crippen molar-refractivity contribution in [2.45, 2.75) is 6.42 Å². The molecule has 2 aromatic carbocycles. The minimum absolute atomic E-state index is 0.0341. The minimum atomic E-state index is -0.182. The Balaban J connectivity index is 1.32. The number of nitrogens with one attached hydrogen (secondary N) is 1. The van der Waals surface area contributed by atoms with Crippen molar-refractivity contribution in [2.75, 3.05) is 32.8 Å². The van der Waals surface area contributed by atoms with E-state index in [-0.39, 0.29) is 11.8 Å². The van der Waals surface area contributed by atoms with E-state index in [0.717, 1.165) is 16.7 Å². The van der Waals surface area contributed by atoms with Crippen LogP contribution in [0.3, 0.4) is 0 Å².